The second-order valence-electron chi connectivity index (χ2n) is 4.02. The maximum Gasteiger partial charge on any atom is 0.253 e. The first-order valence-electron chi connectivity index (χ1n) is 4.95. The van der Waals surface area contributed by atoms with E-state index in [1.54, 1.807) is 0 Å². The summed E-state index contributed by atoms with van der Waals surface area (Å²) < 4.78 is 12.8. The van der Waals surface area contributed by atoms with Gasteiger partial charge in [-0.1, -0.05) is 11.6 Å². The molecule has 1 saturated carbocycles. The van der Waals surface area contributed by atoms with Crippen LogP contribution >= 0.6 is 11.6 Å². The van der Waals surface area contributed by atoms with E-state index >= 15 is 0 Å². The van der Waals surface area contributed by atoms with Crippen LogP contribution in [-0.4, -0.2) is 23.2 Å². The molecule has 16 heavy (non-hydrogen) atoms. The predicted octanol–water partition coefficient (Wildman–Crippen LogP) is 1.73. The van der Waals surface area contributed by atoms with Gasteiger partial charge in [0.25, 0.3) is 5.91 Å². The Hall–Kier alpha value is -1.13. The minimum Gasteiger partial charge on any atom is -0.394 e. The maximum atomic E-state index is 12.8. The number of halogens is 2. The molecule has 86 valence electrons. The lowest BCUT2D eigenvalue weighted by molar-refractivity contribution is 0.0907. The fourth-order valence-corrected chi connectivity index (χ4v) is 1.71. The van der Waals surface area contributed by atoms with Crippen molar-refractivity contribution < 1.29 is 14.3 Å². The van der Waals surface area contributed by atoms with E-state index in [0.29, 0.717) is 0 Å². The third kappa shape index (κ3) is 2.18. The second kappa shape index (κ2) is 4.03. The molecule has 1 aliphatic rings. The van der Waals surface area contributed by atoms with Gasteiger partial charge in [0.2, 0.25) is 0 Å². The molecule has 1 fully saturated rings. The quantitative estimate of drug-likeness (QED) is 0.850. The Kier molecular flexibility index (Phi) is 2.86. The van der Waals surface area contributed by atoms with Crippen molar-refractivity contribution >= 4 is 17.5 Å². The van der Waals surface area contributed by atoms with E-state index in [-0.39, 0.29) is 23.1 Å². The predicted molar refractivity (Wildman–Crippen MR) is 57.9 cm³/mol. The number of hydrogen-bond acceptors (Lipinski definition) is 2. The normalized spacial score (nSPS) is 16.9. The molecule has 2 N–H and O–H groups in total. The van der Waals surface area contributed by atoms with Crippen LogP contribution in [-0.2, 0) is 0 Å². The molecule has 0 unspecified atom stereocenters. The van der Waals surface area contributed by atoms with Gasteiger partial charge in [-0.2, -0.15) is 0 Å². The zero-order valence-electron chi connectivity index (χ0n) is 8.46. The number of rotatable bonds is 3. The summed E-state index contributed by atoms with van der Waals surface area (Å²) in [7, 11) is 0. The van der Waals surface area contributed by atoms with Gasteiger partial charge in [-0.15, -0.1) is 0 Å². The van der Waals surface area contributed by atoms with Gasteiger partial charge in [0.1, 0.15) is 5.82 Å². The highest BCUT2D eigenvalue weighted by atomic mass is 35.5. The first kappa shape index (κ1) is 11.4. The van der Waals surface area contributed by atoms with Crippen LogP contribution in [0.1, 0.15) is 23.2 Å². The average molecular weight is 244 g/mol. The van der Waals surface area contributed by atoms with Gasteiger partial charge in [0.15, 0.2) is 0 Å². The molecule has 1 aromatic rings. The first-order chi connectivity index (χ1) is 7.56. The lowest BCUT2D eigenvalue weighted by Crippen LogP contribution is -2.39. The van der Waals surface area contributed by atoms with E-state index in [1.165, 1.54) is 12.1 Å². The minimum atomic E-state index is -0.491. The zero-order valence-corrected chi connectivity index (χ0v) is 9.22. The number of benzene rings is 1. The smallest absolute Gasteiger partial charge is 0.253 e. The molecule has 0 heterocycles. The van der Waals surface area contributed by atoms with Gasteiger partial charge in [-0.3, -0.25) is 4.79 Å². The van der Waals surface area contributed by atoms with Crippen LogP contribution in [0.15, 0.2) is 18.2 Å². The summed E-state index contributed by atoms with van der Waals surface area (Å²) in [5, 5.41) is 11.8. The lowest BCUT2D eigenvalue weighted by Gasteiger charge is -2.14. The van der Waals surface area contributed by atoms with Gasteiger partial charge >= 0.3 is 0 Å². The highest BCUT2D eigenvalue weighted by Crippen LogP contribution is 2.35. The maximum absolute atomic E-state index is 12.8. The number of carbonyl (C=O) groups excluding carboxylic acids is 1. The van der Waals surface area contributed by atoms with Crippen LogP contribution in [0.5, 0.6) is 0 Å². The van der Waals surface area contributed by atoms with Gasteiger partial charge in [0, 0.05) is 0 Å². The Morgan fingerprint density at radius 2 is 2.25 bits per heavy atom. The third-order valence-corrected chi connectivity index (χ3v) is 3.02. The summed E-state index contributed by atoms with van der Waals surface area (Å²) in [5.41, 5.74) is -0.266. The van der Waals surface area contributed by atoms with E-state index in [1.807, 2.05) is 0 Å². The first-order valence-corrected chi connectivity index (χ1v) is 5.32. The van der Waals surface area contributed by atoms with E-state index in [9.17, 15) is 9.18 Å². The minimum absolute atomic E-state index is 0.0752. The van der Waals surface area contributed by atoms with Crippen molar-refractivity contribution in [1.82, 2.24) is 5.32 Å². The Balaban J connectivity index is 2.15. The molecule has 3 nitrogen and oxygen atoms in total. The molecule has 0 radical (unpaired) electrons. The fourth-order valence-electron chi connectivity index (χ4n) is 1.46. The van der Waals surface area contributed by atoms with Gasteiger partial charge in [0.05, 0.1) is 22.7 Å². The molecule has 1 aromatic carbocycles. The molecule has 0 atom stereocenters. The monoisotopic (exact) mass is 243 g/mol. The summed E-state index contributed by atoms with van der Waals surface area (Å²) in [6, 6.07) is 3.61. The van der Waals surface area contributed by atoms with E-state index in [0.717, 1.165) is 18.9 Å². The molecule has 0 aliphatic heterocycles. The SMILES string of the molecule is O=C(NC1(CO)CC1)c1ccc(F)cc1Cl. The van der Waals surface area contributed by atoms with Crippen molar-refractivity contribution in [2.24, 2.45) is 0 Å². The van der Waals surface area contributed by atoms with Crippen LogP contribution in [0.25, 0.3) is 0 Å². The average Bonchev–Trinajstić information content (AvgIpc) is 2.98. The van der Waals surface area contributed by atoms with E-state index in [4.69, 9.17) is 16.7 Å². The number of nitrogens with one attached hydrogen (secondary N) is 1. The highest BCUT2D eigenvalue weighted by Gasteiger charge is 2.43. The van der Waals surface area contributed by atoms with Crippen LogP contribution in [0.2, 0.25) is 5.02 Å². The molecule has 0 aromatic heterocycles. The fraction of sp³-hybridized carbons (Fsp3) is 0.364. The van der Waals surface area contributed by atoms with Crippen molar-refractivity contribution in [1.29, 1.82) is 0 Å². The summed E-state index contributed by atoms with van der Waals surface area (Å²) in [5.74, 6) is -0.860. The molecule has 5 heteroatoms. The largest absolute Gasteiger partial charge is 0.394 e. The Labute approximate surface area is 97.2 Å². The highest BCUT2D eigenvalue weighted by molar-refractivity contribution is 6.33. The molecule has 0 saturated heterocycles. The molecular formula is C11H11ClFNO2. The summed E-state index contributed by atoms with van der Waals surface area (Å²) in [6.07, 6.45) is 1.52. The van der Waals surface area contributed by atoms with Gasteiger partial charge < -0.3 is 10.4 Å². The molecule has 2 rings (SSSR count). The Bertz CT molecular complexity index is 432. The molecule has 0 spiro atoms. The third-order valence-electron chi connectivity index (χ3n) is 2.71. The van der Waals surface area contributed by atoms with Gasteiger partial charge in [-0.25, -0.2) is 4.39 Å². The number of aliphatic hydroxyl groups excluding tert-OH is 1. The molecule has 1 amide bonds. The van der Waals surface area contributed by atoms with Gasteiger partial charge in [-0.05, 0) is 31.0 Å². The lowest BCUT2D eigenvalue weighted by atomic mass is 10.2. The summed E-state index contributed by atoms with van der Waals surface area (Å²) in [6.45, 7) is -0.0858. The topological polar surface area (TPSA) is 49.3 Å². The molecule has 1 aliphatic carbocycles. The summed E-state index contributed by atoms with van der Waals surface area (Å²) in [4.78, 5) is 11.8. The number of amides is 1. The van der Waals surface area contributed by atoms with Crippen LogP contribution in [0.3, 0.4) is 0 Å². The van der Waals surface area contributed by atoms with E-state index in [2.05, 4.69) is 5.32 Å². The standard InChI is InChI=1S/C11H11ClFNO2/c12-9-5-7(13)1-2-8(9)10(16)14-11(6-15)3-4-11/h1-2,5,15H,3-4,6H2,(H,14,16). The van der Waals surface area contributed by atoms with Crippen LogP contribution < -0.4 is 5.32 Å². The van der Waals surface area contributed by atoms with Crippen molar-refractivity contribution in [3.8, 4) is 0 Å². The second-order valence-corrected chi connectivity index (χ2v) is 4.42. The number of carbonyl (C=O) groups is 1. The van der Waals surface area contributed by atoms with Crippen LogP contribution in [0.4, 0.5) is 4.39 Å². The molecular weight excluding hydrogens is 233 g/mol. The molecule has 0 bridgehead atoms. The zero-order chi connectivity index (χ0) is 11.8. The number of hydrogen-bond donors (Lipinski definition) is 2. The Morgan fingerprint density at radius 1 is 1.56 bits per heavy atom. The van der Waals surface area contributed by atoms with Crippen molar-refractivity contribution in [3.05, 3.63) is 34.6 Å². The summed E-state index contributed by atoms with van der Waals surface area (Å²) >= 11 is 5.75. The van der Waals surface area contributed by atoms with Crippen molar-refractivity contribution in [3.63, 3.8) is 0 Å². The van der Waals surface area contributed by atoms with Crippen molar-refractivity contribution in [2.75, 3.05) is 6.61 Å². The number of aliphatic hydroxyl groups is 1. The van der Waals surface area contributed by atoms with E-state index < -0.39 is 11.4 Å². The Morgan fingerprint density at radius 3 is 2.75 bits per heavy atom. The van der Waals surface area contributed by atoms with Crippen molar-refractivity contribution in [2.45, 2.75) is 18.4 Å². The van der Waals surface area contributed by atoms with Crippen LogP contribution in [0, 0.1) is 5.82 Å².